The van der Waals surface area contributed by atoms with Crippen molar-refractivity contribution in [2.75, 3.05) is 0 Å². The molecule has 1 aromatic heterocycles. The van der Waals surface area contributed by atoms with Crippen molar-refractivity contribution < 1.29 is 9.90 Å². The van der Waals surface area contributed by atoms with Crippen molar-refractivity contribution in [3.05, 3.63) is 59.5 Å². The minimum absolute atomic E-state index is 0.00162. The highest BCUT2D eigenvalue weighted by molar-refractivity contribution is 6.32. The van der Waals surface area contributed by atoms with Gasteiger partial charge in [-0.25, -0.2) is 0 Å². The number of para-hydroxylation sites is 1. The van der Waals surface area contributed by atoms with Crippen LogP contribution in [0, 0.1) is 0 Å². The maximum Gasteiger partial charge on any atom is 0.136 e. The summed E-state index contributed by atoms with van der Waals surface area (Å²) < 4.78 is 38.4. The Labute approximate surface area is 114 Å². The van der Waals surface area contributed by atoms with E-state index in [4.69, 9.17) is 21.5 Å². The molecule has 0 radical (unpaired) electrons. The zero-order valence-electron chi connectivity index (χ0n) is 13.2. The van der Waals surface area contributed by atoms with E-state index >= 15 is 0 Å². The first-order valence-electron chi connectivity index (χ1n) is 7.50. The highest BCUT2D eigenvalue weighted by Crippen LogP contribution is 2.35. The third-order valence-corrected chi connectivity index (χ3v) is 3.20. The summed E-state index contributed by atoms with van der Waals surface area (Å²) in [6, 6.07) is 8.55. The lowest BCUT2D eigenvalue weighted by Crippen LogP contribution is -1.74. The van der Waals surface area contributed by atoms with Crippen molar-refractivity contribution in [3.63, 3.8) is 0 Å². The summed E-state index contributed by atoms with van der Waals surface area (Å²) in [5, 5.41) is 2.26. The monoisotopic (exact) mass is 256 g/mol. The second-order valence-corrected chi connectivity index (χ2v) is 4.47. The van der Waals surface area contributed by atoms with Gasteiger partial charge in [0.1, 0.15) is 11.2 Å². The summed E-state index contributed by atoms with van der Waals surface area (Å²) in [6.07, 6.45) is 0. The van der Waals surface area contributed by atoms with E-state index in [0.717, 1.165) is 0 Å². The quantitative estimate of drug-likeness (QED) is 0.411. The molecule has 1 heterocycles. The summed E-state index contributed by atoms with van der Waals surface area (Å²) in [4.78, 5) is 0. The zero-order valence-corrected chi connectivity index (χ0v) is 9.93. The minimum atomic E-state index is -0.0418. The van der Waals surface area contributed by atoms with Crippen LogP contribution in [0.1, 0.15) is 5.48 Å². The number of fused-ring (bicyclic) bond motifs is 5. The number of rotatable bonds is 0. The molecule has 0 saturated heterocycles. The van der Waals surface area contributed by atoms with Crippen molar-refractivity contribution in [3.8, 4) is 0 Å². The van der Waals surface area contributed by atoms with E-state index in [0.29, 0.717) is 27.1 Å². The Kier molecular flexibility index (Phi) is 1.32. The van der Waals surface area contributed by atoms with Crippen molar-refractivity contribution >= 4 is 44.3 Å². The summed E-state index contributed by atoms with van der Waals surface area (Å²) in [5.74, 6) is 0. The fourth-order valence-electron chi connectivity index (χ4n) is 2.20. The molecule has 0 spiro atoms. The van der Waals surface area contributed by atoms with Gasteiger partial charge in [0, 0.05) is 15.8 Å². The second kappa shape index (κ2) is 3.50. The highest BCUT2D eigenvalue weighted by atomic mass is 35.5. The molecule has 0 atom stereocenters. The number of benzene rings is 3. The van der Waals surface area contributed by atoms with Gasteiger partial charge in [0.2, 0.25) is 0 Å². The van der Waals surface area contributed by atoms with Crippen molar-refractivity contribution in [1.29, 1.82) is 0 Å². The Balaban J connectivity index is 2.47. The number of hydrogen-bond acceptors (Lipinski definition) is 1. The maximum atomic E-state index is 8.24. The van der Waals surface area contributed by atoms with Crippen molar-refractivity contribution in [1.82, 2.24) is 0 Å². The van der Waals surface area contributed by atoms with Gasteiger partial charge in [-0.05, 0) is 35.0 Å². The fourth-order valence-corrected chi connectivity index (χ4v) is 2.35. The van der Waals surface area contributed by atoms with E-state index in [-0.39, 0.29) is 34.8 Å². The van der Waals surface area contributed by atoms with E-state index in [1.807, 2.05) is 0 Å². The predicted molar refractivity (Wildman–Crippen MR) is 76.2 cm³/mol. The topological polar surface area (TPSA) is 13.1 Å². The normalized spacial score (nSPS) is 14.7. The lowest BCUT2D eigenvalue weighted by atomic mass is 10.0. The first kappa shape index (κ1) is 6.81. The van der Waals surface area contributed by atoms with E-state index in [9.17, 15) is 0 Å². The molecule has 4 aromatic rings. The van der Waals surface area contributed by atoms with Gasteiger partial charge >= 0.3 is 0 Å². The van der Waals surface area contributed by atoms with E-state index < -0.39 is 0 Å². The standard InChI is InChI=1S/C16H9ClO/c17-11-7-5-10-6-8-15-16(13(10)9-11)12-3-1-2-4-14(12)18-15/h1-9H/i3D,6D,8D,9D. The Hall–Kier alpha value is -1.99. The van der Waals surface area contributed by atoms with E-state index in [2.05, 4.69) is 0 Å². The van der Waals surface area contributed by atoms with Crippen LogP contribution < -0.4 is 0 Å². The van der Waals surface area contributed by atoms with E-state index in [1.165, 1.54) is 0 Å². The molecule has 0 unspecified atom stereocenters. The van der Waals surface area contributed by atoms with Crippen LogP contribution in [0.15, 0.2) is 58.9 Å². The van der Waals surface area contributed by atoms with Crippen LogP contribution in [0.4, 0.5) is 0 Å². The van der Waals surface area contributed by atoms with Gasteiger partial charge in [-0.1, -0.05) is 41.9 Å². The van der Waals surface area contributed by atoms with Crippen LogP contribution >= 0.6 is 11.6 Å². The second-order valence-electron chi connectivity index (χ2n) is 4.06. The largest absolute Gasteiger partial charge is 0.456 e. The predicted octanol–water partition coefficient (Wildman–Crippen LogP) is 5.39. The smallest absolute Gasteiger partial charge is 0.136 e. The molecule has 18 heavy (non-hydrogen) atoms. The van der Waals surface area contributed by atoms with E-state index in [1.54, 1.807) is 30.3 Å². The average Bonchev–Trinajstić information content (AvgIpc) is 2.88. The third kappa shape index (κ3) is 1.28. The van der Waals surface area contributed by atoms with Crippen molar-refractivity contribution in [2.24, 2.45) is 0 Å². The molecule has 0 N–H and O–H groups in total. The molecular formula is C16H9ClO. The summed E-state index contributed by atoms with van der Waals surface area (Å²) in [7, 11) is 0. The molecular weight excluding hydrogens is 244 g/mol. The Morgan fingerprint density at radius 3 is 2.83 bits per heavy atom. The van der Waals surface area contributed by atoms with Crippen LogP contribution in [0.2, 0.25) is 5.02 Å². The molecule has 0 amide bonds. The first-order valence-corrected chi connectivity index (χ1v) is 5.88. The van der Waals surface area contributed by atoms with Gasteiger partial charge < -0.3 is 4.42 Å². The third-order valence-electron chi connectivity index (χ3n) is 2.98. The van der Waals surface area contributed by atoms with Gasteiger partial charge in [0.25, 0.3) is 0 Å². The Bertz CT molecular complexity index is 1080. The molecule has 0 aliphatic rings. The average molecular weight is 257 g/mol. The molecule has 3 aromatic carbocycles. The van der Waals surface area contributed by atoms with Crippen LogP contribution in [0.5, 0.6) is 0 Å². The molecule has 0 saturated carbocycles. The fraction of sp³-hybridized carbons (Fsp3) is 0. The summed E-state index contributed by atoms with van der Waals surface area (Å²) >= 11 is 6.07. The lowest BCUT2D eigenvalue weighted by Gasteiger charge is -2.00. The van der Waals surface area contributed by atoms with Gasteiger partial charge in [0.05, 0.1) is 5.48 Å². The molecule has 0 fully saturated rings. The lowest BCUT2D eigenvalue weighted by molar-refractivity contribution is 0.669. The molecule has 2 heteroatoms. The maximum absolute atomic E-state index is 8.24. The number of hydrogen-bond donors (Lipinski definition) is 0. The molecule has 0 aliphatic heterocycles. The molecule has 4 rings (SSSR count). The molecule has 0 bridgehead atoms. The van der Waals surface area contributed by atoms with Crippen LogP contribution in [-0.2, 0) is 0 Å². The van der Waals surface area contributed by atoms with Crippen LogP contribution in [0.25, 0.3) is 32.7 Å². The minimum Gasteiger partial charge on any atom is -0.456 e. The number of halogens is 1. The van der Waals surface area contributed by atoms with Crippen LogP contribution in [0.3, 0.4) is 0 Å². The summed E-state index contributed by atoms with van der Waals surface area (Å²) in [6.45, 7) is 0. The SMILES string of the molecule is [2H]c1c([2H])c2oc3cccc([2H])c3c2c2c([2H])c(Cl)ccc12. The van der Waals surface area contributed by atoms with Crippen LogP contribution in [-0.4, -0.2) is 0 Å². The molecule has 0 aliphatic carbocycles. The van der Waals surface area contributed by atoms with Gasteiger partial charge in [0.15, 0.2) is 0 Å². The summed E-state index contributed by atoms with van der Waals surface area (Å²) in [5.41, 5.74) is 0.699. The highest BCUT2D eigenvalue weighted by Gasteiger charge is 2.09. The van der Waals surface area contributed by atoms with Gasteiger partial charge in [-0.2, -0.15) is 0 Å². The molecule has 86 valence electrons. The van der Waals surface area contributed by atoms with Gasteiger partial charge in [-0.15, -0.1) is 0 Å². The zero-order chi connectivity index (χ0) is 15.6. The Morgan fingerprint density at radius 2 is 1.89 bits per heavy atom. The first-order chi connectivity index (χ1) is 10.5. The van der Waals surface area contributed by atoms with Gasteiger partial charge in [-0.3, -0.25) is 0 Å². The van der Waals surface area contributed by atoms with Crippen molar-refractivity contribution in [2.45, 2.75) is 0 Å². The number of furan rings is 1. The molecule has 1 nitrogen and oxygen atoms in total. The Morgan fingerprint density at radius 1 is 0.944 bits per heavy atom.